The summed E-state index contributed by atoms with van der Waals surface area (Å²) in [4.78, 5) is 16.7. The molecule has 7 heterocycles. The maximum atomic E-state index is 10.2. The zero-order valence-electron chi connectivity index (χ0n) is 26.7. The molecule has 9 rings (SSSR count). The van der Waals surface area contributed by atoms with Crippen LogP contribution in [0.5, 0.6) is 0 Å². The number of rotatable bonds is 4. The molecule has 4 atom stereocenters. The number of nitrogens with two attached hydrogens (primary N) is 1. The molecule has 12 heteroatoms. The zero-order chi connectivity index (χ0) is 31.2. The molecule has 5 aliphatic rings. The van der Waals surface area contributed by atoms with Gasteiger partial charge in [0.15, 0.2) is 22.9 Å². The van der Waals surface area contributed by atoms with Crippen LogP contribution in [0.1, 0.15) is 98.1 Å². The minimum Gasteiger partial charge on any atom is -0.389 e. The van der Waals surface area contributed by atoms with Gasteiger partial charge in [-0.2, -0.15) is 10.4 Å². The maximum absolute atomic E-state index is 10.2. The molecule has 0 bridgehead atoms. The quantitative estimate of drug-likeness (QED) is 0.311. The van der Waals surface area contributed by atoms with E-state index in [1.54, 1.807) is 11.3 Å². The summed E-state index contributed by atoms with van der Waals surface area (Å²) in [7, 11) is 2.21. The average Bonchev–Trinajstić information content (AvgIpc) is 3.86. The molecular weight excluding hydrogens is 599 g/mol. The topological polar surface area (TPSA) is 135 Å². The van der Waals surface area contributed by atoms with Crippen molar-refractivity contribution in [3.05, 3.63) is 33.5 Å². The van der Waals surface area contributed by atoms with Crippen molar-refractivity contribution >= 4 is 33.2 Å². The Hall–Kier alpha value is -3.53. The smallest absolute Gasteiger partial charge is 0.186 e. The molecule has 4 aromatic rings. The summed E-state index contributed by atoms with van der Waals surface area (Å²) in [5.74, 6) is 2.40. The first-order chi connectivity index (χ1) is 22.4. The number of likely N-dealkylation sites (N-methyl/N-ethyl adjacent to an activating group) is 1. The molecule has 46 heavy (non-hydrogen) atoms. The standard InChI is InChI=1S/C34H41N9O2S/c1-20(24-8-5-14-41(24)2)43-32-23(18-37-43)31(42-15-13-33(42)10-6-16-44-19-33)38-30(39-32)27-21-7-3-11-34(28(21)45-40-27)12-4-9-25-26(34)22(17-35)29(36)46-25/h18,20,24H,3-16,19,36H2,1-2H3/t20-,24-,33-,34-/m0/s1. The first-order valence-electron chi connectivity index (χ1n) is 17.1. The zero-order valence-corrected chi connectivity index (χ0v) is 27.5. The fraction of sp³-hybridized carbons (Fsp3) is 0.618. The van der Waals surface area contributed by atoms with Gasteiger partial charge in [-0.15, -0.1) is 11.3 Å². The van der Waals surface area contributed by atoms with Crippen LogP contribution in [0.25, 0.3) is 22.6 Å². The average molecular weight is 640 g/mol. The SMILES string of the molecule is C[C@@H]([C@@H]1CCCN1C)n1ncc2c(N3CC[C@]34CCCOC4)nc(-c3noc4c3CCC[C@@]43CCCc4sc(N)c(C#N)c43)nc21. The highest BCUT2D eigenvalue weighted by Gasteiger charge is 2.50. The van der Waals surface area contributed by atoms with Gasteiger partial charge >= 0.3 is 0 Å². The fourth-order valence-corrected chi connectivity index (χ4v) is 10.7. The lowest BCUT2D eigenvalue weighted by Crippen LogP contribution is -2.64. The molecular formula is C34H41N9O2S. The van der Waals surface area contributed by atoms with Crippen molar-refractivity contribution in [2.24, 2.45) is 0 Å². The molecule has 3 saturated heterocycles. The van der Waals surface area contributed by atoms with Gasteiger partial charge in [0.2, 0.25) is 0 Å². The molecule has 2 aliphatic carbocycles. The number of anilines is 2. The number of nitriles is 1. The Morgan fingerprint density at radius 1 is 1.11 bits per heavy atom. The number of thiophene rings is 1. The third kappa shape index (κ3) is 3.94. The van der Waals surface area contributed by atoms with Crippen molar-refractivity contribution in [2.45, 2.75) is 101 Å². The van der Waals surface area contributed by atoms with Gasteiger partial charge in [-0.3, -0.25) is 0 Å². The lowest BCUT2D eigenvalue weighted by Gasteiger charge is -2.55. The largest absolute Gasteiger partial charge is 0.389 e. The minimum atomic E-state index is -0.386. The van der Waals surface area contributed by atoms with Crippen LogP contribution in [0.15, 0.2) is 10.7 Å². The number of ether oxygens (including phenoxy) is 1. The highest BCUT2D eigenvalue weighted by Crippen LogP contribution is 2.55. The molecule has 3 fully saturated rings. The summed E-state index contributed by atoms with van der Waals surface area (Å²) in [6, 6.07) is 3.00. The number of aryl methyl sites for hydroxylation is 1. The Kier molecular flexibility index (Phi) is 6.54. The summed E-state index contributed by atoms with van der Waals surface area (Å²) in [6.45, 7) is 5.85. The highest BCUT2D eigenvalue weighted by atomic mass is 32.1. The van der Waals surface area contributed by atoms with E-state index >= 15 is 0 Å². The van der Waals surface area contributed by atoms with E-state index in [0.717, 1.165) is 130 Å². The maximum Gasteiger partial charge on any atom is 0.186 e. The van der Waals surface area contributed by atoms with Gasteiger partial charge in [-0.1, -0.05) is 5.16 Å². The van der Waals surface area contributed by atoms with Crippen molar-refractivity contribution in [2.75, 3.05) is 44.0 Å². The summed E-state index contributed by atoms with van der Waals surface area (Å²) >= 11 is 1.57. The molecule has 2 spiro atoms. The molecule has 240 valence electrons. The molecule has 0 amide bonds. The van der Waals surface area contributed by atoms with Crippen molar-refractivity contribution in [1.29, 1.82) is 5.26 Å². The van der Waals surface area contributed by atoms with E-state index in [9.17, 15) is 5.26 Å². The number of hydrogen-bond acceptors (Lipinski definition) is 11. The second-order valence-electron chi connectivity index (χ2n) is 14.3. The number of likely N-dealkylation sites (tertiary alicyclic amines) is 1. The number of nitrogen functional groups attached to an aromatic ring is 1. The van der Waals surface area contributed by atoms with Crippen molar-refractivity contribution in [1.82, 2.24) is 29.8 Å². The Balaban J connectivity index is 1.21. The number of aromatic nitrogens is 5. The molecule has 0 aromatic carbocycles. The van der Waals surface area contributed by atoms with Gasteiger partial charge in [0.05, 0.1) is 40.7 Å². The second-order valence-corrected chi connectivity index (χ2v) is 15.4. The minimum absolute atomic E-state index is 0.0332. The normalized spacial score (nSPS) is 28.4. The van der Waals surface area contributed by atoms with Crippen LogP contribution in [-0.2, 0) is 23.0 Å². The molecule has 3 aliphatic heterocycles. The Labute approximate surface area is 272 Å². The van der Waals surface area contributed by atoms with Gasteiger partial charge in [0, 0.05) is 29.6 Å². The van der Waals surface area contributed by atoms with Crippen molar-refractivity contribution < 1.29 is 9.26 Å². The van der Waals surface area contributed by atoms with E-state index in [0.29, 0.717) is 22.4 Å². The Morgan fingerprint density at radius 3 is 2.72 bits per heavy atom. The summed E-state index contributed by atoms with van der Waals surface area (Å²) in [5, 5.41) is 21.5. The third-order valence-electron chi connectivity index (χ3n) is 12.0. The lowest BCUT2D eigenvalue weighted by molar-refractivity contribution is 0.00943. The first kappa shape index (κ1) is 28.7. The summed E-state index contributed by atoms with van der Waals surface area (Å²) in [6.07, 6.45) is 13.2. The van der Waals surface area contributed by atoms with Crippen LogP contribution < -0.4 is 10.6 Å². The van der Waals surface area contributed by atoms with E-state index in [4.69, 9.17) is 35.2 Å². The van der Waals surface area contributed by atoms with Crippen LogP contribution in [0.4, 0.5) is 10.8 Å². The van der Waals surface area contributed by atoms with E-state index in [-0.39, 0.29) is 17.0 Å². The van der Waals surface area contributed by atoms with Gasteiger partial charge in [-0.05, 0) is 96.7 Å². The van der Waals surface area contributed by atoms with E-state index in [1.807, 2.05) is 6.20 Å². The molecule has 11 nitrogen and oxygen atoms in total. The molecule has 4 aromatic heterocycles. The van der Waals surface area contributed by atoms with Crippen LogP contribution in [0, 0.1) is 11.3 Å². The second kappa shape index (κ2) is 10.5. The van der Waals surface area contributed by atoms with E-state index in [2.05, 4.69) is 34.5 Å². The molecule has 0 radical (unpaired) electrons. The van der Waals surface area contributed by atoms with Gasteiger partial charge in [0.25, 0.3) is 0 Å². The van der Waals surface area contributed by atoms with E-state index in [1.165, 1.54) is 11.3 Å². The number of nitrogens with zero attached hydrogens (tertiary/aromatic N) is 8. The van der Waals surface area contributed by atoms with Crippen molar-refractivity contribution in [3.63, 3.8) is 0 Å². The first-order valence-corrected chi connectivity index (χ1v) is 17.9. The van der Waals surface area contributed by atoms with Crippen LogP contribution in [0.2, 0.25) is 0 Å². The molecule has 0 saturated carbocycles. The van der Waals surface area contributed by atoms with Crippen LogP contribution in [-0.4, -0.2) is 74.7 Å². The van der Waals surface area contributed by atoms with Crippen molar-refractivity contribution in [3.8, 4) is 17.6 Å². The highest BCUT2D eigenvalue weighted by molar-refractivity contribution is 7.16. The monoisotopic (exact) mass is 639 g/mol. The lowest BCUT2D eigenvalue weighted by atomic mass is 9.63. The number of fused-ring (bicyclic) bond motifs is 5. The predicted molar refractivity (Wildman–Crippen MR) is 176 cm³/mol. The summed E-state index contributed by atoms with van der Waals surface area (Å²) < 4.78 is 14.5. The third-order valence-corrected chi connectivity index (χ3v) is 13.0. The number of hydrogen-bond donors (Lipinski definition) is 1. The Bertz CT molecular complexity index is 1880. The predicted octanol–water partition coefficient (Wildman–Crippen LogP) is 5.37. The summed E-state index contributed by atoms with van der Waals surface area (Å²) in [5.41, 5.74) is 10.3. The Morgan fingerprint density at radius 2 is 1.98 bits per heavy atom. The van der Waals surface area contributed by atoms with Gasteiger partial charge in [-0.25, -0.2) is 14.6 Å². The van der Waals surface area contributed by atoms with Crippen LogP contribution >= 0.6 is 11.3 Å². The molecule has 2 N–H and O–H groups in total. The molecule has 0 unspecified atom stereocenters. The van der Waals surface area contributed by atoms with E-state index < -0.39 is 0 Å². The van der Waals surface area contributed by atoms with Gasteiger partial charge < -0.3 is 24.8 Å². The van der Waals surface area contributed by atoms with Gasteiger partial charge in [0.1, 0.15) is 16.9 Å². The van der Waals surface area contributed by atoms with Crippen LogP contribution in [0.3, 0.4) is 0 Å². The fourth-order valence-electron chi connectivity index (χ4n) is 9.56.